The Bertz CT molecular complexity index is 847. The second kappa shape index (κ2) is 8.58. The third-order valence-electron chi connectivity index (χ3n) is 3.92. The summed E-state index contributed by atoms with van der Waals surface area (Å²) in [7, 11) is 3.46. The van der Waals surface area contributed by atoms with E-state index >= 15 is 0 Å². The first kappa shape index (κ1) is 18.1. The van der Waals surface area contributed by atoms with Gasteiger partial charge < -0.3 is 9.64 Å². The summed E-state index contributed by atoms with van der Waals surface area (Å²) in [4.78, 5) is 15.1. The fraction of sp³-hybridized carbons (Fsp3) is 0.200. The number of carbonyl (C=O) groups excluding carboxylic acids is 1. The molecule has 5 nitrogen and oxygen atoms in total. The Kier molecular flexibility index (Phi) is 5.96. The Morgan fingerprint density at radius 3 is 2.58 bits per heavy atom. The number of hydrogen-bond acceptors (Lipinski definition) is 4. The smallest absolute Gasteiger partial charge is 0.232 e. The first-order valence-electron chi connectivity index (χ1n) is 8.25. The number of para-hydroxylation sites is 1. The average Bonchev–Trinajstić information content (AvgIpc) is 3.15. The van der Waals surface area contributed by atoms with Crippen LogP contribution in [0.3, 0.4) is 0 Å². The molecule has 3 aromatic rings. The molecular formula is C20H21N3O2S. The van der Waals surface area contributed by atoms with E-state index in [2.05, 4.69) is 5.10 Å². The first-order chi connectivity index (χ1) is 12.7. The minimum Gasteiger partial charge on any atom is -0.497 e. The van der Waals surface area contributed by atoms with Crippen LogP contribution in [0.4, 0.5) is 0 Å². The van der Waals surface area contributed by atoms with Crippen molar-refractivity contribution < 1.29 is 9.53 Å². The number of methoxy groups -OCH3 is 1. The van der Waals surface area contributed by atoms with E-state index in [1.165, 1.54) is 11.8 Å². The van der Waals surface area contributed by atoms with Gasteiger partial charge in [0.15, 0.2) is 0 Å². The Morgan fingerprint density at radius 2 is 1.88 bits per heavy atom. The highest BCUT2D eigenvalue weighted by molar-refractivity contribution is 8.00. The first-order valence-corrected chi connectivity index (χ1v) is 9.24. The molecule has 0 radical (unpaired) electrons. The van der Waals surface area contributed by atoms with Gasteiger partial charge in [0, 0.05) is 30.2 Å². The molecule has 0 saturated heterocycles. The lowest BCUT2D eigenvalue weighted by Crippen LogP contribution is -2.27. The van der Waals surface area contributed by atoms with Crippen LogP contribution in [0.5, 0.6) is 5.75 Å². The van der Waals surface area contributed by atoms with Crippen LogP contribution in [0.15, 0.2) is 71.9 Å². The predicted octanol–water partition coefficient (Wildman–Crippen LogP) is 3.63. The number of amides is 1. The number of rotatable bonds is 7. The number of benzene rings is 2. The van der Waals surface area contributed by atoms with Crippen molar-refractivity contribution in [1.29, 1.82) is 0 Å². The van der Waals surface area contributed by atoms with Gasteiger partial charge in [0.1, 0.15) is 5.75 Å². The highest BCUT2D eigenvalue weighted by Gasteiger charge is 2.11. The minimum atomic E-state index is 0.0817. The maximum atomic E-state index is 12.4. The van der Waals surface area contributed by atoms with Crippen molar-refractivity contribution in [3.63, 3.8) is 0 Å². The van der Waals surface area contributed by atoms with Crippen LogP contribution in [0, 0.1) is 0 Å². The number of ether oxygens (including phenoxy) is 1. The Hall–Kier alpha value is -2.73. The van der Waals surface area contributed by atoms with Crippen LogP contribution in [-0.2, 0) is 11.3 Å². The van der Waals surface area contributed by atoms with Crippen LogP contribution < -0.4 is 4.74 Å². The summed E-state index contributed by atoms with van der Waals surface area (Å²) < 4.78 is 6.96. The zero-order chi connectivity index (χ0) is 18.4. The summed E-state index contributed by atoms with van der Waals surface area (Å²) in [5, 5.41) is 4.37. The third-order valence-corrected chi connectivity index (χ3v) is 4.92. The standard InChI is InChI=1S/C20H21N3O2S/c1-22(20(24)15-26-19-10-8-18(25-2)9-11-19)13-16-12-21-23(14-16)17-6-4-3-5-7-17/h3-12,14H,13,15H2,1-2H3. The van der Waals surface area contributed by atoms with E-state index in [-0.39, 0.29) is 5.91 Å². The molecule has 0 aliphatic heterocycles. The highest BCUT2D eigenvalue weighted by atomic mass is 32.2. The van der Waals surface area contributed by atoms with Crippen LogP contribution in [0.1, 0.15) is 5.56 Å². The van der Waals surface area contributed by atoms with Crippen molar-refractivity contribution in [2.24, 2.45) is 0 Å². The molecular weight excluding hydrogens is 346 g/mol. The van der Waals surface area contributed by atoms with Crippen molar-refractivity contribution in [2.45, 2.75) is 11.4 Å². The molecule has 6 heteroatoms. The number of nitrogens with zero attached hydrogens (tertiary/aromatic N) is 3. The summed E-state index contributed by atoms with van der Waals surface area (Å²) in [6.07, 6.45) is 3.75. The highest BCUT2D eigenvalue weighted by Crippen LogP contribution is 2.21. The summed E-state index contributed by atoms with van der Waals surface area (Å²) >= 11 is 1.52. The van der Waals surface area contributed by atoms with Gasteiger partial charge in [-0.05, 0) is 36.4 Å². The molecule has 0 aliphatic carbocycles. The number of aromatic nitrogens is 2. The molecule has 0 unspecified atom stereocenters. The number of thioether (sulfide) groups is 1. The predicted molar refractivity (Wildman–Crippen MR) is 104 cm³/mol. The molecule has 1 heterocycles. The van der Waals surface area contributed by atoms with Crippen LogP contribution in [0.25, 0.3) is 5.69 Å². The van der Waals surface area contributed by atoms with Crippen LogP contribution in [-0.4, -0.2) is 40.5 Å². The van der Waals surface area contributed by atoms with Crippen molar-refractivity contribution in [1.82, 2.24) is 14.7 Å². The molecule has 0 atom stereocenters. The maximum absolute atomic E-state index is 12.4. The van der Waals surface area contributed by atoms with Crippen molar-refractivity contribution in [2.75, 3.05) is 19.9 Å². The van der Waals surface area contributed by atoms with Crippen molar-refractivity contribution in [3.05, 3.63) is 72.6 Å². The molecule has 3 rings (SSSR count). The molecule has 0 saturated carbocycles. The molecule has 0 aliphatic rings. The normalized spacial score (nSPS) is 10.5. The minimum absolute atomic E-state index is 0.0817. The van der Waals surface area contributed by atoms with E-state index in [0.717, 1.165) is 21.9 Å². The lowest BCUT2D eigenvalue weighted by molar-refractivity contribution is -0.127. The zero-order valence-corrected chi connectivity index (χ0v) is 15.6. The molecule has 0 N–H and O–H groups in total. The Morgan fingerprint density at radius 1 is 1.15 bits per heavy atom. The van der Waals surface area contributed by atoms with E-state index in [1.807, 2.05) is 72.5 Å². The van der Waals surface area contributed by atoms with Gasteiger partial charge in [-0.2, -0.15) is 5.10 Å². The monoisotopic (exact) mass is 367 g/mol. The van der Waals surface area contributed by atoms with Crippen LogP contribution >= 0.6 is 11.8 Å². The average molecular weight is 367 g/mol. The zero-order valence-electron chi connectivity index (χ0n) is 14.8. The second-order valence-corrected chi connectivity index (χ2v) is 6.89. The largest absolute Gasteiger partial charge is 0.497 e. The molecule has 0 spiro atoms. The van der Waals surface area contributed by atoms with Gasteiger partial charge in [0.25, 0.3) is 0 Å². The summed E-state index contributed by atoms with van der Waals surface area (Å²) in [6, 6.07) is 17.6. The fourth-order valence-corrected chi connectivity index (χ4v) is 3.29. The van der Waals surface area contributed by atoms with E-state index < -0.39 is 0 Å². The SMILES string of the molecule is COc1ccc(SCC(=O)N(C)Cc2cnn(-c3ccccc3)c2)cc1. The van der Waals surface area contributed by atoms with Crippen LogP contribution in [0.2, 0.25) is 0 Å². The van der Waals surface area contributed by atoms with Gasteiger partial charge in [0.05, 0.1) is 24.7 Å². The molecule has 1 aromatic heterocycles. The van der Waals surface area contributed by atoms with Gasteiger partial charge in [-0.25, -0.2) is 4.68 Å². The Balaban J connectivity index is 1.53. The second-order valence-electron chi connectivity index (χ2n) is 5.84. The number of carbonyl (C=O) groups is 1. The van der Waals surface area contributed by atoms with Gasteiger partial charge in [0.2, 0.25) is 5.91 Å². The molecule has 0 fully saturated rings. The lowest BCUT2D eigenvalue weighted by Gasteiger charge is -2.16. The van der Waals surface area contributed by atoms with Gasteiger partial charge in [-0.1, -0.05) is 18.2 Å². The van der Waals surface area contributed by atoms with E-state index in [0.29, 0.717) is 12.3 Å². The van der Waals surface area contributed by atoms with Gasteiger partial charge in [-0.15, -0.1) is 11.8 Å². The van der Waals surface area contributed by atoms with E-state index in [1.54, 1.807) is 18.2 Å². The van der Waals surface area contributed by atoms with Gasteiger partial charge >= 0.3 is 0 Å². The number of hydrogen-bond donors (Lipinski definition) is 0. The molecule has 134 valence electrons. The lowest BCUT2D eigenvalue weighted by atomic mass is 10.3. The summed E-state index contributed by atoms with van der Waals surface area (Å²) in [5.74, 6) is 1.29. The van der Waals surface area contributed by atoms with E-state index in [9.17, 15) is 4.79 Å². The molecule has 1 amide bonds. The topological polar surface area (TPSA) is 47.4 Å². The quantitative estimate of drug-likeness (QED) is 0.598. The van der Waals surface area contributed by atoms with E-state index in [4.69, 9.17) is 4.74 Å². The molecule has 0 bridgehead atoms. The van der Waals surface area contributed by atoms with Gasteiger partial charge in [-0.3, -0.25) is 4.79 Å². The summed E-state index contributed by atoms with van der Waals surface area (Å²) in [6.45, 7) is 0.537. The molecule has 2 aromatic carbocycles. The fourth-order valence-electron chi connectivity index (χ4n) is 2.45. The van der Waals surface area contributed by atoms with Crippen molar-refractivity contribution in [3.8, 4) is 11.4 Å². The third kappa shape index (κ3) is 4.67. The summed E-state index contributed by atoms with van der Waals surface area (Å²) in [5.41, 5.74) is 2.00. The van der Waals surface area contributed by atoms with Crippen molar-refractivity contribution >= 4 is 17.7 Å². The Labute approximate surface area is 157 Å². The maximum Gasteiger partial charge on any atom is 0.232 e. The molecule has 26 heavy (non-hydrogen) atoms.